The van der Waals surface area contributed by atoms with Crippen LogP contribution in [0.2, 0.25) is 0 Å². The third-order valence-corrected chi connectivity index (χ3v) is 4.52. The number of nitrogens with one attached hydrogen (secondary N) is 1. The van der Waals surface area contributed by atoms with Crippen molar-refractivity contribution in [3.05, 3.63) is 70.7 Å². The number of benzene rings is 2. The first-order chi connectivity index (χ1) is 12.7. The summed E-state index contributed by atoms with van der Waals surface area (Å²) in [5, 5.41) is 4.28. The minimum Gasteiger partial charge on any atom is -0.323 e. The maximum Gasteiger partial charge on any atom is 0.416 e. The van der Waals surface area contributed by atoms with Crippen LogP contribution in [-0.2, 0) is 17.4 Å². The molecule has 0 unspecified atom stereocenters. The first kappa shape index (κ1) is 19.0. The molecule has 0 fully saturated rings. The molecule has 3 rings (SSSR count). The Kier molecular flexibility index (Phi) is 5.22. The smallest absolute Gasteiger partial charge is 0.323 e. The third kappa shape index (κ3) is 4.48. The number of nitrogens with zero attached hydrogens (tertiary/aromatic N) is 1. The maximum absolute atomic E-state index is 13.6. The maximum atomic E-state index is 13.6. The molecule has 0 bridgehead atoms. The van der Waals surface area contributed by atoms with Crippen molar-refractivity contribution in [3.8, 4) is 10.6 Å². The summed E-state index contributed by atoms with van der Waals surface area (Å²) in [6, 6.07) is 7.93. The topological polar surface area (TPSA) is 42.0 Å². The fourth-order valence-electron chi connectivity index (χ4n) is 2.28. The summed E-state index contributed by atoms with van der Waals surface area (Å²) >= 11 is 1.16. The van der Waals surface area contributed by atoms with Gasteiger partial charge in [0.15, 0.2) is 11.6 Å². The molecule has 0 saturated heterocycles. The number of alkyl halides is 3. The van der Waals surface area contributed by atoms with Gasteiger partial charge in [0.05, 0.1) is 23.4 Å². The van der Waals surface area contributed by atoms with E-state index in [0.717, 1.165) is 29.5 Å². The number of anilines is 1. The number of rotatable bonds is 4. The van der Waals surface area contributed by atoms with Crippen molar-refractivity contribution in [1.29, 1.82) is 0 Å². The van der Waals surface area contributed by atoms with Crippen molar-refractivity contribution in [1.82, 2.24) is 4.98 Å². The number of carbonyl (C=O) groups excluding carboxylic acids is 1. The Balaban J connectivity index is 1.69. The molecule has 3 aromatic rings. The van der Waals surface area contributed by atoms with Crippen LogP contribution < -0.4 is 5.32 Å². The zero-order chi connectivity index (χ0) is 19.6. The molecular formula is C18H11F5N2OS. The van der Waals surface area contributed by atoms with Gasteiger partial charge in [-0.25, -0.2) is 13.8 Å². The van der Waals surface area contributed by atoms with E-state index in [9.17, 15) is 26.7 Å². The molecule has 140 valence electrons. The molecular weight excluding hydrogens is 387 g/mol. The van der Waals surface area contributed by atoms with Crippen LogP contribution in [0.4, 0.5) is 27.6 Å². The highest BCUT2D eigenvalue weighted by molar-refractivity contribution is 7.13. The van der Waals surface area contributed by atoms with Crippen LogP contribution in [0.25, 0.3) is 10.6 Å². The van der Waals surface area contributed by atoms with Gasteiger partial charge in [-0.05, 0) is 24.3 Å². The lowest BCUT2D eigenvalue weighted by Crippen LogP contribution is -2.16. The monoisotopic (exact) mass is 398 g/mol. The van der Waals surface area contributed by atoms with E-state index < -0.39 is 29.3 Å². The molecule has 1 heterocycles. The van der Waals surface area contributed by atoms with E-state index >= 15 is 0 Å². The molecule has 2 aromatic carbocycles. The van der Waals surface area contributed by atoms with E-state index in [1.165, 1.54) is 24.3 Å². The average Bonchev–Trinajstić information content (AvgIpc) is 3.07. The van der Waals surface area contributed by atoms with Gasteiger partial charge in [0.25, 0.3) is 0 Å². The van der Waals surface area contributed by atoms with Gasteiger partial charge in [-0.3, -0.25) is 4.79 Å². The Morgan fingerprint density at radius 2 is 1.78 bits per heavy atom. The summed E-state index contributed by atoms with van der Waals surface area (Å²) in [5.41, 5.74) is -0.197. The normalized spacial score (nSPS) is 11.4. The van der Waals surface area contributed by atoms with Crippen LogP contribution in [0.3, 0.4) is 0 Å². The van der Waals surface area contributed by atoms with Crippen molar-refractivity contribution >= 4 is 22.9 Å². The summed E-state index contributed by atoms with van der Waals surface area (Å²) in [5.74, 6) is -2.83. The highest BCUT2D eigenvalue weighted by Crippen LogP contribution is 2.31. The van der Waals surface area contributed by atoms with Gasteiger partial charge in [0.2, 0.25) is 5.91 Å². The van der Waals surface area contributed by atoms with Crippen LogP contribution in [-0.4, -0.2) is 10.9 Å². The van der Waals surface area contributed by atoms with E-state index in [4.69, 9.17) is 0 Å². The predicted molar refractivity (Wildman–Crippen MR) is 91.2 cm³/mol. The van der Waals surface area contributed by atoms with Gasteiger partial charge in [-0.1, -0.05) is 18.2 Å². The summed E-state index contributed by atoms with van der Waals surface area (Å²) in [7, 11) is 0. The SMILES string of the molecule is O=C(Cc1csc(-c2ccc(C(F)(F)F)cc2)n1)Nc1cccc(F)c1F. The van der Waals surface area contributed by atoms with E-state index in [2.05, 4.69) is 10.3 Å². The largest absolute Gasteiger partial charge is 0.416 e. The molecule has 27 heavy (non-hydrogen) atoms. The third-order valence-electron chi connectivity index (χ3n) is 3.58. The number of amides is 1. The first-order valence-corrected chi connectivity index (χ1v) is 8.48. The lowest BCUT2D eigenvalue weighted by atomic mass is 10.1. The number of halogens is 5. The minimum atomic E-state index is -4.42. The Hall–Kier alpha value is -2.81. The number of carbonyl (C=O) groups is 1. The van der Waals surface area contributed by atoms with Crippen LogP contribution in [0.15, 0.2) is 47.8 Å². The van der Waals surface area contributed by atoms with Gasteiger partial charge in [0.1, 0.15) is 5.01 Å². The molecule has 0 atom stereocenters. The van der Waals surface area contributed by atoms with Crippen molar-refractivity contribution in [2.45, 2.75) is 12.6 Å². The van der Waals surface area contributed by atoms with Gasteiger partial charge in [-0.2, -0.15) is 13.2 Å². The molecule has 1 aromatic heterocycles. The number of thiazole rings is 1. The van der Waals surface area contributed by atoms with Gasteiger partial charge >= 0.3 is 6.18 Å². The lowest BCUT2D eigenvalue weighted by Gasteiger charge is -2.06. The molecule has 1 N–H and O–H groups in total. The van der Waals surface area contributed by atoms with Crippen molar-refractivity contribution in [2.24, 2.45) is 0 Å². The number of aromatic nitrogens is 1. The zero-order valence-corrected chi connectivity index (χ0v) is 14.3. The molecule has 0 radical (unpaired) electrons. The van der Waals surface area contributed by atoms with Crippen LogP contribution in [0.5, 0.6) is 0 Å². The summed E-state index contributed by atoms with van der Waals surface area (Å²) in [6.07, 6.45) is -4.61. The van der Waals surface area contributed by atoms with Crippen LogP contribution in [0, 0.1) is 11.6 Å². The predicted octanol–water partition coefficient (Wildman–Crippen LogP) is 5.29. The highest BCUT2D eigenvalue weighted by atomic mass is 32.1. The number of hydrogen-bond acceptors (Lipinski definition) is 3. The van der Waals surface area contributed by atoms with E-state index in [1.807, 2.05) is 0 Å². The Bertz CT molecular complexity index is 967. The molecule has 9 heteroatoms. The molecule has 0 saturated carbocycles. The Morgan fingerprint density at radius 3 is 2.44 bits per heavy atom. The molecule has 0 aliphatic heterocycles. The van der Waals surface area contributed by atoms with Gasteiger partial charge in [-0.15, -0.1) is 11.3 Å². The van der Waals surface area contributed by atoms with Crippen LogP contribution >= 0.6 is 11.3 Å². The summed E-state index contributed by atoms with van der Waals surface area (Å²) in [4.78, 5) is 16.2. The molecule has 0 aliphatic rings. The second-order valence-corrected chi connectivity index (χ2v) is 6.40. The van der Waals surface area contributed by atoms with Crippen molar-refractivity contribution in [2.75, 3.05) is 5.32 Å². The second-order valence-electron chi connectivity index (χ2n) is 5.55. The quantitative estimate of drug-likeness (QED) is 0.607. The second kappa shape index (κ2) is 7.43. The van der Waals surface area contributed by atoms with E-state index in [-0.39, 0.29) is 12.1 Å². The summed E-state index contributed by atoms with van der Waals surface area (Å²) in [6.45, 7) is 0. The summed E-state index contributed by atoms with van der Waals surface area (Å²) < 4.78 is 64.5. The fraction of sp³-hybridized carbons (Fsp3) is 0.111. The van der Waals surface area contributed by atoms with Crippen molar-refractivity contribution < 1.29 is 26.7 Å². The number of hydrogen-bond donors (Lipinski definition) is 1. The molecule has 0 spiro atoms. The zero-order valence-electron chi connectivity index (χ0n) is 13.5. The van der Waals surface area contributed by atoms with Gasteiger partial charge < -0.3 is 5.32 Å². The van der Waals surface area contributed by atoms with Crippen LogP contribution in [0.1, 0.15) is 11.3 Å². The fourth-order valence-corrected chi connectivity index (χ4v) is 3.11. The van der Waals surface area contributed by atoms with Gasteiger partial charge in [0, 0.05) is 10.9 Å². The average molecular weight is 398 g/mol. The van der Waals surface area contributed by atoms with Crippen molar-refractivity contribution in [3.63, 3.8) is 0 Å². The molecule has 1 amide bonds. The lowest BCUT2D eigenvalue weighted by molar-refractivity contribution is -0.137. The van der Waals surface area contributed by atoms with E-state index in [0.29, 0.717) is 16.3 Å². The Labute approximate surface area is 154 Å². The highest BCUT2D eigenvalue weighted by Gasteiger charge is 2.30. The Morgan fingerprint density at radius 1 is 1.07 bits per heavy atom. The first-order valence-electron chi connectivity index (χ1n) is 7.60. The minimum absolute atomic E-state index is 0.187. The molecule has 0 aliphatic carbocycles. The molecule has 3 nitrogen and oxygen atoms in total. The van der Waals surface area contributed by atoms with E-state index in [1.54, 1.807) is 5.38 Å². The standard InChI is InChI=1S/C18H11F5N2OS/c19-13-2-1-3-14(16(13)20)25-15(26)8-12-9-27-17(24-12)10-4-6-11(7-5-10)18(21,22)23/h1-7,9H,8H2,(H,25,26).